The van der Waals surface area contributed by atoms with Crippen molar-refractivity contribution in [2.45, 2.75) is 6.42 Å². The number of allylic oxidation sites excluding steroid dienone is 3. The van der Waals surface area contributed by atoms with E-state index >= 15 is 0 Å². The van der Waals surface area contributed by atoms with Crippen LogP contribution in [0.2, 0.25) is 0 Å². The highest BCUT2D eigenvalue weighted by atomic mass is 16.5. The fourth-order valence-electron chi connectivity index (χ4n) is 1.64. The Kier molecular flexibility index (Phi) is 5.46. The summed E-state index contributed by atoms with van der Waals surface area (Å²) in [6, 6.07) is 0. The number of amides is 1. The number of methoxy groups -OCH3 is 1. The van der Waals surface area contributed by atoms with Gasteiger partial charge in [0, 0.05) is 18.4 Å². The lowest BCUT2D eigenvalue weighted by atomic mass is 9.81. The second-order valence-corrected chi connectivity index (χ2v) is 4.04. The van der Waals surface area contributed by atoms with Crippen molar-refractivity contribution in [1.82, 2.24) is 5.32 Å². The smallest absolute Gasteiger partial charge is 0.328 e. The van der Waals surface area contributed by atoms with Gasteiger partial charge in [0.25, 0.3) is 0 Å². The normalized spacial score (nSPS) is 21.2. The second kappa shape index (κ2) is 7.08. The van der Waals surface area contributed by atoms with Gasteiger partial charge in [-0.3, -0.25) is 9.59 Å². The van der Waals surface area contributed by atoms with Crippen LogP contribution in [-0.2, 0) is 19.1 Å². The Bertz CT molecular complexity index is 516. The predicted molar refractivity (Wildman–Crippen MR) is 71.4 cm³/mol. The van der Waals surface area contributed by atoms with Gasteiger partial charge < -0.3 is 15.2 Å². The molecule has 6 heteroatoms. The van der Waals surface area contributed by atoms with E-state index in [0.717, 1.165) is 12.2 Å². The summed E-state index contributed by atoms with van der Waals surface area (Å²) >= 11 is 0. The van der Waals surface area contributed by atoms with E-state index < -0.39 is 23.3 Å². The summed E-state index contributed by atoms with van der Waals surface area (Å²) in [5.41, 5.74) is -0.951. The van der Waals surface area contributed by atoms with E-state index in [-0.39, 0.29) is 0 Å². The molecule has 0 aliphatic heterocycles. The number of carboxylic acids is 1. The molecule has 1 unspecified atom stereocenters. The van der Waals surface area contributed by atoms with Gasteiger partial charge in [-0.15, -0.1) is 0 Å². The number of carboxylic acid groups (broad SMARTS) is 1. The number of rotatable bonds is 5. The third-order valence-corrected chi connectivity index (χ3v) is 2.65. The van der Waals surface area contributed by atoms with Crippen molar-refractivity contribution in [3.8, 4) is 0 Å². The molecule has 1 aliphatic carbocycles. The van der Waals surface area contributed by atoms with Gasteiger partial charge in [-0.1, -0.05) is 24.3 Å². The molecule has 0 aromatic rings. The van der Waals surface area contributed by atoms with Crippen molar-refractivity contribution >= 4 is 17.8 Å². The summed E-state index contributed by atoms with van der Waals surface area (Å²) in [4.78, 5) is 33.3. The maximum Gasteiger partial charge on any atom is 0.328 e. The van der Waals surface area contributed by atoms with Crippen molar-refractivity contribution < 1.29 is 24.2 Å². The van der Waals surface area contributed by atoms with Crippen molar-refractivity contribution in [2.24, 2.45) is 5.41 Å². The number of hydrogen-bond donors (Lipinski definition) is 2. The quantitative estimate of drug-likeness (QED) is 0.576. The Balaban J connectivity index is 2.72. The molecule has 1 rings (SSSR count). The maximum absolute atomic E-state index is 11.8. The highest BCUT2D eigenvalue weighted by molar-refractivity contribution is 5.94. The van der Waals surface area contributed by atoms with Crippen LogP contribution >= 0.6 is 0 Å². The SMILES string of the molecule is COC(=O)C1(C=CNC(=O)C=CC(=O)O)C=CC=CC1. The maximum atomic E-state index is 11.8. The van der Waals surface area contributed by atoms with E-state index in [2.05, 4.69) is 5.32 Å². The van der Waals surface area contributed by atoms with Gasteiger partial charge in [0.1, 0.15) is 5.41 Å². The molecule has 0 aromatic heterocycles. The lowest BCUT2D eigenvalue weighted by molar-refractivity contribution is -0.147. The van der Waals surface area contributed by atoms with Crippen LogP contribution in [0.4, 0.5) is 0 Å². The van der Waals surface area contributed by atoms with E-state index in [4.69, 9.17) is 9.84 Å². The van der Waals surface area contributed by atoms with Gasteiger partial charge in [0.05, 0.1) is 7.11 Å². The molecule has 0 saturated heterocycles. The van der Waals surface area contributed by atoms with Crippen LogP contribution < -0.4 is 5.32 Å². The minimum absolute atomic E-state index is 0.424. The summed E-state index contributed by atoms with van der Waals surface area (Å²) in [5.74, 6) is -2.25. The fraction of sp³-hybridized carbons (Fsp3) is 0.214. The molecule has 106 valence electrons. The van der Waals surface area contributed by atoms with E-state index in [9.17, 15) is 14.4 Å². The van der Waals surface area contributed by atoms with Crippen LogP contribution in [-0.4, -0.2) is 30.1 Å². The number of carbonyl (C=O) groups excluding carboxylic acids is 2. The third kappa shape index (κ3) is 4.24. The van der Waals surface area contributed by atoms with Crippen molar-refractivity contribution in [2.75, 3.05) is 7.11 Å². The van der Waals surface area contributed by atoms with Crippen LogP contribution in [0, 0.1) is 5.41 Å². The van der Waals surface area contributed by atoms with E-state index in [1.54, 1.807) is 12.2 Å². The Hall–Kier alpha value is -2.63. The van der Waals surface area contributed by atoms with E-state index in [1.165, 1.54) is 19.4 Å². The minimum Gasteiger partial charge on any atom is -0.478 e. The first-order chi connectivity index (χ1) is 9.50. The Morgan fingerprint density at radius 3 is 2.60 bits per heavy atom. The standard InChI is InChI=1S/C14H15NO5/c1-20-13(19)14(7-3-2-4-8-14)9-10-15-11(16)5-6-12(17)18/h2-7,9-10H,8H2,1H3,(H,15,16)(H,17,18). The van der Waals surface area contributed by atoms with Crippen LogP contribution in [0.15, 0.2) is 48.7 Å². The molecule has 0 aromatic carbocycles. The van der Waals surface area contributed by atoms with Gasteiger partial charge in [-0.2, -0.15) is 0 Å². The van der Waals surface area contributed by atoms with Crippen LogP contribution in [0.5, 0.6) is 0 Å². The summed E-state index contributed by atoms with van der Waals surface area (Å²) in [7, 11) is 1.29. The topological polar surface area (TPSA) is 92.7 Å². The second-order valence-electron chi connectivity index (χ2n) is 4.04. The van der Waals surface area contributed by atoms with Crippen molar-refractivity contribution in [3.63, 3.8) is 0 Å². The number of aliphatic carboxylic acids is 1. The van der Waals surface area contributed by atoms with Gasteiger partial charge >= 0.3 is 11.9 Å². The molecule has 20 heavy (non-hydrogen) atoms. The van der Waals surface area contributed by atoms with Crippen LogP contribution in [0.3, 0.4) is 0 Å². The van der Waals surface area contributed by atoms with Gasteiger partial charge in [-0.05, 0) is 12.5 Å². The van der Waals surface area contributed by atoms with Gasteiger partial charge in [0.2, 0.25) is 5.91 Å². The molecular weight excluding hydrogens is 262 g/mol. The van der Waals surface area contributed by atoms with Crippen LogP contribution in [0.1, 0.15) is 6.42 Å². The zero-order valence-electron chi connectivity index (χ0n) is 10.9. The van der Waals surface area contributed by atoms with Crippen LogP contribution in [0.25, 0.3) is 0 Å². The Morgan fingerprint density at radius 2 is 2.05 bits per heavy atom. The first kappa shape index (κ1) is 15.4. The predicted octanol–water partition coefficient (Wildman–Crippen LogP) is 0.933. The zero-order valence-corrected chi connectivity index (χ0v) is 10.9. The lowest BCUT2D eigenvalue weighted by Gasteiger charge is -2.24. The molecule has 0 radical (unpaired) electrons. The van der Waals surface area contributed by atoms with Gasteiger partial charge in [-0.25, -0.2) is 4.79 Å². The molecule has 0 saturated carbocycles. The Morgan fingerprint density at radius 1 is 1.30 bits per heavy atom. The number of esters is 1. The van der Waals surface area contributed by atoms with Crippen molar-refractivity contribution in [1.29, 1.82) is 0 Å². The minimum atomic E-state index is -1.21. The summed E-state index contributed by atoms with van der Waals surface area (Å²) < 4.78 is 4.75. The molecule has 1 aliphatic rings. The van der Waals surface area contributed by atoms with Crippen molar-refractivity contribution in [3.05, 3.63) is 48.7 Å². The first-order valence-corrected chi connectivity index (χ1v) is 5.82. The average molecular weight is 277 g/mol. The average Bonchev–Trinajstić information content (AvgIpc) is 2.45. The molecule has 0 spiro atoms. The molecule has 2 N–H and O–H groups in total. The van der Waals surface area contributed by atoms with E-state index in [0.29, 0.717) is 6.42 Å². The highest BCUT2D eigenvalue weighted by Crippen LogP contribution is 2.30. The summed E-state index contributed by atoms with van der Waals surface area (Å²) in [6.07, 6.45) is 11.9. The summed E-state index contributed by atoms with van der Waals surface area (Å²) in [6.45, 7) is 0. The molecule has 0 fully saturated rings. The molecule has 1 amide bonds. The van der Waals surface area contributed by atoms with E-state index in [1.807, 2.05) is 12.2 Å². The largest absolute Gasteiger partial charge is 0.478 e. The third-order valence-electron chi connectivity index (χ3n) is 2.65. The molecule has 1 atom stereocenters. The zero-order chi connectivity index (χ0) is 15.0. The number of nitrogens with one attached hydrogen (secondary N) is 1. The van der Waals surface area contributed by atoms with Gasteiger partial charge in [0.15, 0.2) is 0 Å². The molecule has 0 bridgehead atoms. The molecule has 6 nitrogen and oxygen atoms in total. The number of carbonyl (C=O) groups is 3. The molecule has 0 heterocycles. The first-order valence-electron chi connectivity index (χ1n) is 5.82. The number of hydrogen-bond acceptors (Lipinski definition) is 4. The molecular formula is C14H15NO5. The fourth-order valence-corrected chi connectivity index (χ4v) is 1.64. The lowest BCUT2D eigenvalue weighted by Crippen LogP contribution is -2.29. The number of ether oxygens (including phenoxy) is 1. The highest BCUT2D eigenvalue weighted by Gasteiger charge is 2.34. The summed E-state index contributed by atoms with van der Waals surface area (Å²) in [5, 5.41) is 10.7. The monoisotopic (exact) mass is 277 g/mol. The Labute approximate surface area is 116 Å².